The molecule has 0 aromatic heterocycles. The van der Waals surface area contributed by atoms with Gasteiger partial charge in [0.25, 0.3) is 0 Å². The Morgan fingerprint density at radius 2 is 1.62 bits per heavy atom. The minimum Gasteiger partial charge on any atom is -0.384 e. The van der Waals surface area contributed by atoms with Gasteiger partial charge in [-0.3, -0.25) is 0 Å². The van der Waals surface area contributed by atoms with Crippen molar-refractivity contribution >= 4 is 0 Å². The lowest BCUT2D eigenvalue weighted by Gasteiger charge is -2.36. The average Bonchev–Trinajstić information content (AvgIpc) is 2.55. The molecule has 0 spiro atoms. The van der Waals surface area contributed by atoms with Crippen LogP contribution in [0, 0.1) is 0 Å². The Hall–Kier alpha value is -1.86. The van der Waals surface area contributed by atoms with Gasteiger partial charge in [-0.25, -0.2) is 0 Å². The summed E-state index contributed by atoms with van der Waals surface area (Å²) in [6.45, 7) is 6.13. The second kappa shape index (κ2) is 7.24. The highest BCUT2D eigenvalue weighted by atomic mass is 16.3. The van der Waals surface area contributed by atoms with Gasteiger partial charge in [-0.2, -0.15) is 0 Å². The molecule has 0 heterocycles. The van der Waals surface area contributed by atoms with Crippen LogP contribution in [0.4, 0.5) is 0 Å². The van der Waals surface area contributed by atoms with Gasteiger partial charge in [-0.15, -0.1) is 6.58 Å². The Bertz CT molecular complexity index is 547. The van der Waals surface area contributed by atoms with E-state index in [1.807, 2.05) is 54.6 Å². The van der Waals surface area contributed by atoms with E-state index < -0.39 is 5.60 Å². The number of hydrogen-bond acceptors (Lipinski definition) is 1. The highest BCUT2D eigenvalue weighted by molar-refractivity contribution is 5.34. The maximum absolute atomic E-state index is 11.5. The molecule has 0 bridgehead atoms. The van der Waals surface area contributed by atoms with Crippen molar-refractivity contribution in [2.45, 2.75) is 37.7 Å². The molecule has 2 unspecified atom stereocenters. The van der Waals surface area contributed by atoms with Crippen LogP contribution < -0.4 is 0 Å². The summed E-state index contributed by atoms with van der Waals surface area (Å²) in [5, 5.41) is 11.5. The molecule has 1 N–H and O–H groups in total. The van der Waals surface area contributed by atoms with Crippen molar-refractivity contribution in [3.05, 3.63) is 84.4 Å². The fraction of sp³-hybridized carbons (Fsp3) is 0.300. The molecular formula is C20H24O. The van der Waals surface area contributed by atoms with E-state index >= 15 is 0 Å². The largest absolute Gasteiger partial charge is 0.384 e. The van der Waals surface area contributed by atoms with Crippen LogP contribution in [0.3, 0.4) is 0 Å². The minimum absolute atomic E-state index is 0.104. The first-order valence-electron chi connectivity index (χ1n) is 7.67. The third-order valence-corrected chi connectivity index (χ3v) is 4.09. The summed E-state index contributed by atoms with van der Waals surface area (Å²) >= 11 is 0. The molecule has 21 heavy (non-hydrogen) atoms. The van der Waals surface area contributed by atoms with Gasteiger partial charge in [0.15, 0.2) is 0 Å². The summed E-state index contributed by atoms with van der Waals surface area (Å²) in [4.78, 5) is 0. The van der Waals surface area contributed by atoms with Crippen LogP contribution in [0.25, 0.3) is 0 Å². The van der Waals surface area contributed by atoms with Crippen molar-refractivity contribution < 1.29 is 5.11 Å². The van der Waals surface area contributed by atoms with E-state index in [0.29, 0.717) is 0 Å². The molecule has 0 aliphatic heterocycles. The monoisotopic (exact) mass is 280 g/mol. The first-order valence-corrected chi connectivity index (χ1v) is 7.67. The maximum Gasteiger partial charge on any atom is 0.0999 e. The molecule has 0 aliphatic rings. The van der Waals surface area contributed by atoms with Crippen LogP contribution in [0.2, 0.25) is 0 Å². The first kappa shape index (κ1) is 15.5. The number of aliphatic hydroxyl groups is 1. The Kier molecular flexibility index (Phi) is 5.35. The molecule has 0 radical (unpaired) electrons. The van der Waals surface area contributed by atoms with Crippen molar-refractivity contribution in [1.29, 1.82) is 0 Å². The molecule has 1 heteroatoms. The Morgan fingerprint density at radius 1 is 1.05 bits per heavy atom. The van der Waals surface area contributed by atoms with Gasteiger partial charge >= 0.3 is 0 Å². The van der Waals surface area contributed by atoms with Gasteiger partial charge in [-0.05, 0) is 17.5 Å². The summed E-state index contributed by atoms with van der Waals surface area (Å²) < 4.78 is 0. The number of unbranched alkanes of at least 4 members (excludes halogenated alkanes) is 1. The molecular weight excluding hydrogens is 256 g/mol. The normalized spacial score (nSPS) is 15.1. The molecule has 110 valence electrons. The fourth-order valence-corrected chi connectivity index (χ4v) is 2.92. The third kappa shape index (κ3) is 3.43. The lowest BCUT2D eigenvalue weighted by molar-refractivity contribution is 0.0104. The molecule has 1 nitrogen and oxygen atoms in total. The molecule has 2 aromatic rings. The zero-order valence-electron chi connectivity index (χ0n) is 12.7. The summed E-state index contributed by atoms with van der Waals surface area (Å²) in [5.41, 5.74) is 1.17. The summed E-state index contributed by atoms with van der Waals surface area (Å²) in [5.74, 6) is -0.104. The quantitative estimate of drug-likeness (QED) is 0.705. The number of rotatable bonds is 7. The smallest absolute Gasteiger partial charge is 0.0999 e. The van der Waals surface area contributed by atoms with Crippen molar-refractivity contribution in [3.8, 4) is 0 Å². The van der Waals surface area contributed by atoms with Crippen molar-refractivity contribution in [3.63, 3.8) is 0 Å². The third-order valence-electron chi connectivity index (χ3n) is 4.09. The molecule has 0 saturated carbocycles. The molecule has 2 rings (SSSR count). The summed E-state index contributed by atoms with van der Waals surface area (Å²) in [6.07, 6.45) is 4.66. The second-order valence-corrected chi connectivity index (χ2v) is 5.52. The van der Waals surface area contributed by atoms with Gasteiger partial charge in [0.1, 0.15) is 0 Å². The van der Waals surface area contributed by atoms with E-state index in [1.54, 1.807) is 0 Å². The topological polar surface area (TPSA) is 20.2 Å². The molecule has 0 aliphatic carbocycles. The zero-order chi connectivity index (χ0) is 15.1. The van der Waals surface area contributed by atoms with Crippen LogP contribution in [0.15, 0.2) is 73.3 Å². The Morgan fingerprint density at radius 3 is 2.14 bits per heavy atom. The average molecular weight is 280 g/mol. The Balaban J connectivity index is 2.45. The van der Waals surface area contributed by atoms with Gasteiger partial charge in [0.2, 0.25) is 0 Å². The maximum atomic E-state index is 11.5. The van der Waals surface area contributed by atoms with Gasteiger partial charge in [0, 0.05) is 5.92 Å². The van der Waals surface area contributed by atoms with E-state index in [-0.39, 0.29) is 5.92 Å². The molecule has 0 fully saturated rings. The molecule has 0 saturated heterocycles. The van der Waals surface area contributed by atoms with Crippen LogP contribution in [-0.2, 0) is 5.60 Å². The van der Waals surface area contributed by atoms with Crippen molar-refractivity contribution in [2.24, 2.45) is 0 Å². The van der Waals surface area contributed by atoms with E-state index in [9.17, 15) is 5.11 Å². The highest BCUT2D eigenvalue weighted by Crippen LogP contribution is 2.41. The van der Waals surface area contributed by atoms with E-state index in [0.717, 1.165) is 30.4 Å². The van der Waals surface area contributed by atoms with Crippen molar-refractivity contribution in [1.82, 2.24) is 0 Å². The second-order valence-electron chi connectivity index (χ2n) is 5.52. The summed E-state index contributed by atoms with van der Waals surface area (Å²) in [7, 11) is 0. The highest BCUT2D eigenvalue weighted by Gasteiger charge is 2.36. The van der Waals surface area contributed by atoms with E-state index in [2.05, 4.69) is 25.6 Å². The molecule has 2 atom stereocenters. The van der Waals surface area contributed by atoms with Gasteiger partial charge in [0.05, 0.1) is 5.60 Å². The van der Waals surface area contributed by atoms with E-state index in [4.69, 9.17) is 0 Å². The van der Waals surface area contributed by atoms with Gasteiger partial charge < -0.3 is 5.11 Å². The minimum atomic E-state index is -0.902. The lowest BCUT2D eigenvalue weighted by Crippen LogP contribution is -2.32. The zero-order valence-corrected chi connectivity index (χ0v) is 12.7. The predicted molar refractivity (Wildman–Crippen MR) is 89.2 cm³/mol. The van der Waals surface area contributed by atoms with Crippen LogP contribution in [0.1, 0.15) is 43.2 Å². The standard InChI is InChI=1S/C20H24O/c1-3-5-16-20(21,18-14-10-7-11-15-18)19(4-2)17-12-8-6-9-13-17/h4,6-15,19,21H,2-3,5,16H2,1H3. The Labute approximate surface area is 128 Å². The lowest BCUT2D eigenvalue weighted by atomic mass is 9.74. The van der Waals surface area contributed by atoms with Crippen LogP contribution in [0.5, 0.6) is 0 Å². The van der Waals surface area contributed by atoms with E-state index in [1.165, 1.54) is 0 Å². The molecule has 2 aromatic carbocycles. The first-order chi connectivity index (χ1) is 10.2. The van der Waals surface area contributed by atoms with Crippen LogP contribution in [-0.4, -0.2) is 5.11 Å². The summed E-state index contributed by atoms with van der Waals surface area (Å²) in [6, 6.07) is 20.1. The van der Waals surface area contributed by atoms with Crippen molar-refractivity contribution in [2.75, 3.05) is 0 Å². The predicted octanol–water partition coefficient (Wildman–Crippen LogP) is 5.03. The van der Waals surface area contributed by atoms with Crippen LogP contribution >= 0.6 is 0 Å². The number of benzene rings is 2. The molecule has 0 amide bonds. The number of hydrogen-bond donors (Lipinski definition) is 1. The fourth-order valence-electron chi connectivity index (χ4n) is 2.92. The SMILES string of the molecule is C=CC(c1ccccc1)C(O)(CCCC)c1ccccc1. The van der Waals surface area contributed by atoms with Gasteiger partial charge in [-0.1, -0.05) is 86.5 Å².